The standard InChI is InChI=1S/C24H29NO4/c1-17(18-7-3-2-4-8-18)15-23(26)25-22(16-24(27)28)19-11-13-21(14-12-19)29-20-9-5-6-10-20/h2-4,7-8,11-14,17,20,22H,5-6,9-10,15-16H2,1H3,(H,25,26)(H,27,28)/p-1/t17-,22+/m1/s1. The second-order valence-corrected chi connectivity index (χ2v) is 7.81. The van der Waals surface area contributed by atoms with Crippen molar-refractivity contribution in [3.05, 3.63) is 65.7 Å². The maximum atomic E-state index is 12.5. The highest BCUT2D eigenvalue weighted by molar-refractivity contribution is 5.78. The number of hydrogen-bond donors (Lipinski definition) is 1. The molecule has 0 heterocycles. The summed E-state index contributed by atoms with van der Waals surface area (Å²) in [6, 6.07) is 16.5. The van der Waals surface area contributed by atoms with Crippen LogP contribution in [-0.4, -0.2) is 18.0 Å². The molecule has 3 rings (SSSR count). The van der Waals surface area contributed by atoms with E-state index in [0.29, 0.717) is 0 Å². The summed E-state index contributed by atoms with van der Waals surface area (Å²) in [5, 5.41) is 14.1. The van der Waals surface area contributed by atoms with Crippen LogP contribution in [0.5, 0.6) is 5.75 Å². The lowest BCUT2D eigenvalue weighted by molar-refractivity contribution is -0.306. The maximum absolute atomic E-state index is 12.5. The third-order valence-electron chi connectivity index (χ3n) is 5.45. The number of benzene rings is 2. The Kier molecular flexibility index (Phi) is 7.28. The fraction of sp³-hybridized carbons (Fsp3) is 0.417. The molecule has 2 aromatic carbocycles. The summed E-state index contributed by atoms with van der Waals surface area (Å²) in [7, 11) is 0. The van der Waals surface area contributed by atoms with E-state index in [1.807, 2.05) is 61.5 Å². The number of rotatable bonds is 9. The molecule has 5 nitrogen and oxygen atoms in total. The minimum Gasteiger partial charge on any atom is -0.550 e. The third-order valence-corrected chi connectivity index (χ3v) is 5.45. The number of carbonyl (C=O) groups excluding carboxylic acids is 2. The summed E-state index contributed by atoms with van der Waals surface area (Å²) >= 11 is 0. The van der Waals surface area contributed by atoms with Crippen LogP contribution < -0.4 is 15.2 Å². The minimum absolute atomic E-state index is 0.0435. The first kappa shape index (κ1) is 20.9. The molecule has 0 saturated heterocycles. The highest BCUT2D eigenvalue weighted by Gasteiger charge is 2.19. The molecule has 0 aliphatic heterocycles. The third kappa shape index (κ3) is 6.34. The van der Waals surface area contributed by atoms with Crippen molar-refractivity contribution in [2.45, 2.75) is 63.5 Å². The van der Waals surface area contributed by atoms with Gasteiger partial charge in [-0.25, -0.2) is 0 Å². The number of amides is 1. The Morgan fingerprint density at radius 1 is 1.00 bits per heavy atom. The van der Waals surface area contributed by atoms with Crippen molar-refractivity contribution in [2.75, 3.05) is 0 Å². The summed E-state index contributed by atoms with van der Waals surface area (Å²) in [5.74, 6) is -0.560. The first-order valence-corrected chi connectivity index (χ1v) is 10.3. The Morgan fingerprint density at radius 2 is 1.66 bits per heavy atom. The van der Waals surface area contributed by atoms with Crippen LogP contribution in [0.4, 0.5) is 0 Å². The molecular weight excluding hydrogens is 366 g/mol. The fourth-order valence-corrected chi connectivity index (χ4v) is 3.83. The molecule has 29 heavy (non-hydrogen) atoms. The van der Waals surface area contributed by atoms with Gasteiger partial charge in [0.15, 0.2) is 0 Å². The summed E-state index contributed by atoms with van der Waals surface area (Å²) in [6.07, 6.45) is 4.83. The number of carbonyl (C=O) groups is 2. The number of ether oxygens (including phenoxy) is 1. The molecule has 1 saturated carbocycles. The van der Waals surface area contributed by atoms with Gasteiger partial charge >= 0.3 is 0 Å². The van der Waals surface area contributed by atoms with Crippen molar-refractivity contribution in [1.82, 2.24) is 5.32 Å². The minimum atomic E-state index is -1.20. The van der Waals surface area contributed by atoms with E-state index in [1.165, 1.54) is 12.8 Å². The van der Waals surface area contributed by atoms with Crippen LogP contribution in [0.1, 0.15) is 68.5 Å². The van der Waals surface area contributed by atoms with Gasteiger partial charge in [0.05, 0.1) is 12.1 Å². The lowest BCUT2D eigenvalue weighted by atomic mass is 9.96. The van der Waals surface area contributed by atoms with Crippen molar-refractivity contribution in [1.29, 1.82) is 0 Å². The first-order valence-electron chi connectivity index (χ1n) is 10.3. The van der Waals surface area contributed by atoms with E-state index in [4.69, 9.17) is 4.74 Å². The van der Waals surface area contributed by atoms with E-state index in [2.05, 4.69) is 5.32 Å². The van der Waals surface area contributed by atoms with E-state index in [9.17, 15) is 14.7 Å². The smallest absolute Gasteiger partial charge is 0.221 e. The molecule has 154 valence electrons. The zero-order chi connectivity index (χ0) is 20.6. The zero-order valence-corrected chi connectivity index (χ0v) is 16.8. The highest BCUT2D eigenvalue weighted by Crippen LogP contribution is 2.26. The van der Waals surface area contributed by atoms with Gasteiger partial charge < -0.3 is 20.0 Å². The quantitative estimate of drug-likeness (QED) is 0.706. The van der Waals surface area contributed by atoms with Gasteiger partial charge in [0.25, 0.3) is 0 Å². The summed E-state index contributed by atoms with van der Waals surface area (Å²) in [6.45, 7) is 1.98. The number of carboxylic acids is 1. The Balaban J connectivity index is 1.62. The van der Waals surface area contributed by atoms with Gasteiger partial charge in [0.1, 0.15) is 5.75 Å². The van der Waals surface area contributed by atoms with Gasteiger partial charge in [-0.1, -0.05) is 49.4 Å². The second kappa shape index (κ2) is 10.1. The average molecular weight is 394 g/mol. The molecule has 0 aromatic heterocycles. The molecule has 0 radical (unpaired) electrons. The van der Waals surface area contributed by atoms with E-state index in [-0.39, 0.29) is 30.8 Å². The van der Waals surface area contributed by atoms with Gasteiger partial charge in [-0.2, -0.15) is 0 Å². The molecule has 1 aliphatic rings. The van der Waals surface area contributed by atoms with E-state index in [0.717, 1.165) is 29.7 Å². The van der Waals surface area contributed by atoms with Crippen LogP contribution in [0.25, 0.3) is 0 Å². The Bertz CT molecular complexity index is 797. The predicted molar refractivity (Wildman–Crippen MR) is 109 cm³/mol. The summed E-state index contributed by atoms with van der Waals surface area (Å²) in [4.78, 5) is 23.8. The van der Waals surface area contributed by atoms with Crippen LogP contribution in [0.15, 0.2) is 54.6 Å². The van der Waals surface area contributed by atoms with Gasteiger partial charge in [-0.05, 0) is 54.9 Å². The predicted octanol–water partition coefficient (Wildman–Crippen LogP) is 3.50. The number of hydrogen-bond acceptors (Lipinski definition) is 4. The van der Waals surface area contributed by atoms with Crippen molar-refractivity contribution in [3.63, 3.8) is 0 Å². The topological polar surface area (TPSA) is 78.5 Å². The largest absolute Gasteiger partial charge is 0.550 e. The Morgan fingerprint density at radius 3 is 2.28 bits per heavy atom. The van der Waals surface area contributed by atoms with E-state index in [1.54, 1.807) is 0 Å². The van der Waals surface area contributed by atoms with Crippen molar-refractivity contribution in [3.8, 4) is 5.75 Å². The highest BCUT2D eigenvalue weighted by atomic mass is 16.5. The van der Waals surface area contributed by atoms with Crippen LogP contribution in [0.2, 0.25) is 0 Å². The second-order valence-electron chi connectivity index (χ2n) is 7.81. The van der Waals surface area contributed by atoms with Gasteiger partial charge in [0.2, 0.25) is 5.91 Å². The van der Waals surface area contributed by atoms with Crippen LogP contribution in [-0.2, 0) is 9.59 Å². The molecule has 0 bridgehead atoms. The van der Waals surface area contributed by atoms with Crippen molar-refractivity contribution >= 4 is 11.9 Å². The number of nitrogens with one attached hydrogen (secondary N) is 1. The molecule has 1 fully saturated rings. The molecular formula is C24H28NO4-. The monoisotopic (exact) mass is 394 g/mol. The SMILES string of the molecule is C[C@H](CC(=O)N[C@@H](CC(=O)[O-])c1ccc(OC2CCCC2)cc1)c1ccccc1. The molecule has 5 heteroatoms. The normalized spacial score (nSPS) is 16.2. The number of carboxylic acid groups (broad SMARTS) is 1. The molecule has 1 amide bonds. The zero-order valence-electron chi connectivity index (χ0n) is 16.8. The molecule has 2 aromatic rings. The van der Waals surface area contributed by atoms with E-state index >= 15 is 0 Å². The van der Waals surface area contributed by atoms with Crippen LogP contribution in [0.3, 0.4) is 0 Å². The maximum Gasteiger partial charge on any atom is 0.221 e. The average Bonchev–Trinajstić information content (AvgIpc) is 3.21. The number of aliphatic carboxylic acids is 1. The fourth-order valence-electron chi connectivity index (χ4n) is 3.83. The van der Waals surface area contributed by atoms with Gasteiger partial charge in [-0.3, -0.25) is 4.79 Å². The van der Waals surface area contributed by atoms with Crippen LogP contribution in [0, 0.1) is 0 Å². The lowest BCUT2D eigenvalue weighted by Gasteiger charge is -2.22. The molecule has 1 aliphatic carbocycles. The molecule has 0 spiro atoms. The van der Waals surface area contributed by atoms with Crippen molar-refractivity contribution in [2.24, 2.45) is 0 Å². The van der Waals surface area contributed by atoms with Crippen molar-refractivity contribution < 1.29 is 19.4 Å². The summed E-state index contributed by atoms with van der Waals surface area (Å²) in [5.41, 5.74) is 1.81. The lowest BCUT2D eigenvalue weighted by Crippen LogP contribution is -2.34. The van der Waals surface area contributed by atoms with E-state index < -0.39 is 12.0 Å². The molecule has 2 atom stereocenters. The van der Waals surface area contributed by atoms with Gasteiger partial charge in [-0.15, -0.1) is 0 Å². The Hall–Kier alpha value is -2.82. The molecule has 0 unspecified atom stereocenters. The van der Waals surface area contributed by atoms with Crippen LogP contribution >= 0.6 is 0 Å². The van der Waals surface area contributed by atoms with Gasteiger partial charge in [0, 0.05) is 18.8 Å². The first-order chi connectivity index (χ1) is 14.0. The summed E-state index contributed by atoms with van der Waals surface area (Å²) < 4.78 is 5.96. The molecule has 1 N–H and O–H groups in total. The Labute approximate surface area is 172 Å².